The molecule has 1 rings (SSSR count). The molecule has 1 amide bonds. The van der Waals surface area contributed by atoms with E-state index in [0.717, 1.165) is 0 Å². The van der Waals surface area contributed by atoms with Crippen LogP contribution in [0.25, 0.3) is 0 Å². The molecule has 0 aliphatic heterocycles. The average molecular weight is 303 g/mol. The molecule has 0 fully saturated rings. The Hall–Kier alpha value is -2.06. The van der Waals surface area contributed by atoms with Gasteiger partial charge >= 0.3 is 5.97 Å². The third kappa shape index (κ3) is 5.09. The van der Waals surface area contributed by atoms with Crippen LogP contribution < -0.4 is 5.32 Å². The van der Waals surface area contributed by atoms with Crippen molar-refractivity contribution in [2.45, 2.75) is 6.42 Å². The van der Waals surface area contributed by atoms with E-state index in [1.54, 1.807) is 0 Å². The molecule has 6 nitrogen and oxygen atoms in total. The smallest absolute Gasteiger partial charge is 0.336 e. The molecule has 0 spiro atoms. The Morgan fingerprint density at radius 3 is 2.33 bits per heavy atom. The summed E-state index contributed by atoms with van der Waals surface area (Å²) in [6.07, 6.45) is 0.428. The molecule has 0 aliphatic rings. The summed E-state index contributed by atoms with van der Waals surface area (Å²) in [5.41, 5.74) is -1.05. The number of hydrogen-bond acceptors (Lipinski definition) is 4. The molecule has 1 aromatic carbocycles. The number of aromatic carboxylic acids is 1. The maximum Gasteiger partial charge on any atom is 0.336 e. The molecule has 0 saturated heterocycles. The topological polar surface area (TPSA) is 95.9 Å². The highest BCUT2D eigenvalue weighted by molar-refractivity contribution is 6.04. The van der Waals surface area contributed by atoms with Gasteiger partial charge in [0, 0.05) is 13.2 Å². The number of aliphatic hydroxyl groups is 1. The highest BCUT2D eigenvalue weighted by atomic mass is 19.2. The predicted octanol–water partition coefficient (Wildman–Crippen LogP) is 0.792. The van der Waals surface area contributed by atoms with Gasteiger partial charge in [0.15, 0.2) is 11.6 Å². The van der Waals surface area contributed by atoms with E-state index in [4.69, 9.17) is 14.9 Å². The minimum absolute atomic E-state index is 0.108. The van der Waals surface area contributed by atoms with Gasteiger partial charge in [-0.1, -0.05) is 0 Å². The van der Waals surface area contributed by atoms with E-state index in [2.05, 4.69) is 5.32 Å². The molecule has 1 aromatic rings. The van der Waals surface area contributed by atoms with E-state index >= 15 is 0 Å². The van der Waals surface area contributed by atoms with Gasteiger partial charge in [-0.3, -0.25) is 4.79 Å². The number of rotatable bonds is 8. The maximum atomic E-state index is 13.1. The Balaban J connectivity index is 2.65. The van der Waals surface area contributed by atoms with Gasteiger partial charge in [-0.2, -0.15) is 0 Å². The minimum atomic E-state index is -1.52. The second-order valence-corrected chi connectivity index (χ2v) is 4.06. The average Bonchev–Trinajstić information content (AvgIpc) is 2.44. The summed E-state index contributed by atoms with van der Waals surface area (Å²) < 4.78 is 31.1. The van der Waals surface area contributed by atoms with Crippen LogP contribution in [0.2, 0.25) is 0 Å². The van der Waals surface area contributed by atoms with Crippen molar-refractivity contribution in [3.63, 3.8) is 0 Å². The lowest BCUT2D eigenvalue weighted by Crippen LogP contribution is -2.27. The predicted molar refractivity (Wildman–Crippen MR) is 68.2 cm³/mol. The fourth-order valence-corrected chi connectivity index (χ4v) is 1.55. The van der Waals surface area contributed by atoms with Crippen molar-refractivity contribution in [2.75, 3.05) is 26.4 Å². The Morgan fingerprint density at radius 1 is 1.14 bits per heavy atom. The van der Waals surface area contributed by atoms with Crippen LogP contribution in [0.5, 0.6) is 0 Å². The molecule has 116 valence electrons. The lowest BCUT2D eigenvalue weighted by molar-refractivity contribution is 0.0689. The first-order chi connectivity index (χ1) is 9.97. The van der Waals surface area contributed by atoms with E-state index < -0.39 is 34.6 Å². The first-order valence-corrected chi connectivity index (χ1v) is 6.16. The van der Waals surface area contributed by atoms with Crippen LogP contribution >= 0.6 is 0 Å². The Morgan fingerprint density at radius 2 is 1.76 bits per heavy atom. The second-order valence-electron chi connectivity index (χ2n) is 4.06. The van der Waals surface area contributed by atoms with E-state index in [9.17, 15) is 18.4 Å². The fraction of sp³-hybridized carbons (Fsp3) is 0.385. The summed E-state index contributed by atoms with van der Waals surface area (Å²) in [4.78, 5) is 22.7. The van der Waals surface area contributed by atoms with Crippen LogP contribution in [0, 0.1) is 11.6 Å². The van der Waals surface area contributed by atoms with Crippen LogP contribution in [0.3, 0.4) is 0 Å². The first-order valence-electron chi connectivity index (χ1n) is 6.16. The summed E-state index contributed by atoms with van der Waals surface area (Å²) >= 11 is 0. The Kier molecular flexibility index (Phi) is 6.70. The van der Waals surface area contributed by atoms with E-state index in [1.165, 1.54) is 0 Å². The van der Waals surface area contributed by atoms with Gasteiger partial charge in [0.25, 0.3) is 5.91 Å². The van der Waals surface area contributed by atoms with E-state index in [0.29, 0.717) is 25.2 Å². The van der Waals surface area contributed by atoms with Crippen LogP contribution in [-0.4, -0.2) is 48.5 Å². The molecule has 8 heteroatoms. The molecule has 0 heterocycles. The van der Waals surface area contributed by atoms with Gasteiger partial charge in [0.1, 0.15) is 0 Å². The van der Waals surface area contributed by atoms with Gasteiger partial charge in [0.05, 0.1) is 24.3 Å². The van der Waals surface area contributed by atoms with Crippen molar-refractivity contribution in [3.8, 4) is 0 Å². The largest absolute Gasteiger partial charge is 0.478 e. The summed E-state index contributed by atoms with van der Waals surface area (Å²) in [6, 6.07) is 1.02. The summed E-state index contributed by atoms with van der Waals surface area (Å²) in [7, 11) is 0. The van der Waals surface area contributed by atoms with Crippen molar-refractivity contribution in [1.29, 1.82) is 0 Å². The number of ether oxygens (including phenoxy) is 1. The molecule has 21 heavy (non-hydrogen) atoms. The van der Waals surface area contributed by atoms with Crippen LogP contribution in [0.1, 0.15) is 27.1 Å². The van der Waals surface area contributed by atoms with Crippen molar-refractivity contribution < 1.29 is 33.3 Å². The molecule has 0 aromatic heterocycles. The molecular formula is C13H15F2NO5. The maximum absolute atomic E-state index is 13.1. The standard InChI is InChI=1S/C13H15F2NO5/c14-10-6-8(9(13(19)20)7-11(10)15)12(18)16-2-1-4-21-5-3-17/h6-7,17H,1-5H2,(H,16,18)(H,19,20). The van der Waals surface area contributed by atoms with Crippen molar-refractivity contribution >= 4 is 11.9 Å². The normalized spacial score (nSPS) is 10.4. The number of amides is 1. The van der Waals surface area contributed by atoms with Gasteiger partial charge < -0.3 is 20.3 Å². The lowest BCUT2D eigenvalue weighted by Gasteiger charge is -2.08. The van der Waals surface area contributed by atoms with Crippen molar-refractivity contribution in [2.24, 2.45) is 0 Å². The van der Waals surface area contributed by atoms with Crippen LogP contribution in [0.4, 0.5) is 8.78 Å². The third-order valence-corrected chi connectivity index (χ3v) is 2.52. The number of aliphatic hydroxyl groups excluding tert-OH is 1. The highest BCUT2D eigenvalue weighted by Gasteiger charge is 2.20. The zero-order valence-electron chi connectivity index (χ0n) is 11.1. The van der Waals surface area contributed by atoms with E-state index in [-0.39, 0.29) is 19.8 Å². The Bertz CT molecular complexity index is 522. The number of carboxylic acid groups (broad SMARTS) is 1. The first kappa shape index (κ1) is 17.0. The minimum Gasteiger partial charge on any atom is -0.478 e. The number of carboxylic acids is 1. The molecule has 0 unspecified atom stereocenters. The zero-order chi connectivity index (χ0) is 15.8. The molecule has 0 atom stereocenters. The quantitative estimate of drug-likeness (QED) is 0.617. The van der Waals surface area contributed by atoms with Gasteiger partial charge in [-0.05, 0) is 18.6 Å². The van der Waals surface area contributed by atoms with Crippen molar-refractivity contribution in [1.82, 2.24) is 5.32 Å². The number of benzene rings is 1. The molecule has 0 aliphatic carbocycles. The number of carbonyl (C=O) groups excluding carboxylic acids is 1. The lowest BCUT2D eigenvalue weighted by atomic mass is 10.1. The number of hydrogen-bond donors (Lipinski definition) is 3. The van der Waals surface area contributed by atoms with Gasteiger partial charge in [-0.15, -0.1) is 0 Å². The number of nitrogens with one attached hydrogen (secondary N) is 1. The highest BCUT2D eigenvalue weighted by Crippen LogP contribution is 2.15. The summed E-state index contributed by atoms with van der Waals surface area (Å²) in [6.45, 7) is 0.538. The zero-order valence-corrected chi connectivity index (χ0v) is 11.1. The third-order valence-electron chi connectivity index (χ3n) is 2.52. The summed E-state index contributed by atoms with van der Waals surface area (Å²) in [5.74, 6) is -4.96. The SMILES string of the molecule is O=C(O)c1cc(F)c(F)cc1C(=O)NCCCOCCO. The van der Waals surface area contributed by atoms with Gasteiger partial charge in [0.2, 0.25) is 0 Å². The molecular weight excluding hydrogens is 288 g/mol. The second kappa shape index (κ2) is 8.28. The van der Waals surface area contributed by atoms with Gasteiger partial charge in [-0.25, -0.2) is 13.6 Å². The fourth-order valence-electron chi connectivity index (χ4n) is 1.55. The summed E-state index contributed by atoms with van der Waals surface area (Å²) in [5, 5.41) is 19.7. The molecule has 0 radical (unpaired) electrons. The molecule has 3 N–H and O–H groups in total. The van der Waals surface area contributed by atoms with Crippen molar-refractivity contribution in [3.05, 3.63) is 34.9 Å². The molecule has 0 saturated carbocycles. The van der Waals surface area contributed by atoms with E-state index in [1.807, 2.05) is 0 Å². The number of carbonyl (C=O) groups is 2. The Labute approximate surface area is 119 Å². The van der Waals surface area contributed by atoms with Crippen LogP contribution in [0.15, 0.2) is 12.1 Å². The number of halogens is 2. The van der Waals surface area contributed by atoms with Crippen LogP contribution in [-0.2, 0) is 4.74 Å². The monoisotopic (exact) mass is 303 g/mol. The molecule has 0 bridgehead atoms.